The number of hydrogen-bond donors (Lipinski definition) is 2. The Kier molecular flexibility index (Phi) is 4.26. The molecule has 0 unspecified atom stereocenters. The maximum atomic E-state index is 11.6. The summed E-state index contributed by atoms with van der Waals surface area (Å²) in [6.07, 6.45) is 0. The molecule has 0 radical (unpaired) electrons. The molecule has 0 spiro atoms. The number of nitrogens with one attached hydrogen (secondary N) is 1. The van der Waals surface area contributed by atoms with Crippen LogP contribution < -0.4 is 15.6 Å². The first-order chi connectivity index (χ1) is 10.3. The summed E-state index contributed by atoms with van der Waals surface area (Å²) in [5, 5.41) is 3.21. The summed E-state index contributed by atoms with van der Waals surface area (Å²) in [7, 11) is 1.89. The highest BCUT2D eigenvalue weighted by Gasteiger charge is 2.10. The summed E-state index contributed by atoms with van der Waals surface area (Å²) in [5.41, 5.74) is 9.44. The standard InChI is InChI=1S/C17H19N3O2/c1-10-5-15(9-17(18)20(10)4)19-16-7-13(11(2)21)6-14(8-16)12(3)22/h5-9H,1-4H3,(H2,18,19)/p+1. The fraction of sp³-hybridized carbons (Fsp3) is 0.235. The largest absolute Gasteiger partial charge is 0.355 e. The van der Waals surface area contributed by atoms with E-state index < -0.39 is 0 Å². The van der Waals surface area contributed by atoms with Gasteiger partial charge in [0.05, 0.1) is 18.8 Å². The van der Waals surface area contributed by atoms with E-state index in [-0.39, 0.29) is 11.6 Å². The number of Topliss-reactive ketones (excluding diaryl/α,β-unsaturated/α-hetero) is 2. The summed E-state index contributed by atoms with van der Waals surface area (Å²) in [4.78, 5) is 23.2. The number of benzene rings is 1. The van der Waals surface area contributed by atoms with Gasteiger partial charge in [-0.25, -0.2) is 4.57 Å². The minimum absolute atomic E-state index is 0.0821. The average Bonchev–Trinajstić information content (AvgIpc) is 2.44. The van der Waals surface area contributed by atoms with E-state index in [9.17, 15) is 9.59 Å². The second-order valence-corrected chi connectivity index (χ2v) is 5.41. The molecule has 0 atom stereocenters. The van der Waals surface area contributed by atoms with E-state index in [0.717, 1.165) is 11.4 Å². The van der Waals surface area contributed by atoms with Crippen LogP contribution in [0.15, 0.2) is 30.3 Å². The van der Waals surface area contributed by atoms with Crippen molar-refractivity contribution >= 4 is 28.8 Å². The number of nitrogen functional groups attached to an aromatic ring is 1. The third kappa shape index (κ3) is 3.31. The van der Waals surface area contributed by atoms with Crippen LogP contribution in [0.2, 0.25) is 0 Å². The first kappa shape index (κ1) is 15.7. The number of ketones is 2. The number of rotatable bonds is 4. The van der Waals surface area contributed by atoms with Crippen LogP contribution in [0.1, 0.15) is 40.3 Å². The predicted octanol–water partition coefficient (Wildman–Crippen LogP) is 2.55. The van der Waals surface area contributed by atoms with Crippen molar-refractivity contribution in [3.05, 3.63) is 47.2 Å². The van der Waals surface area contributed by atoms with Crippen LogP contribution in [-0.2, 0) is 7.05 Å². The molecule has 1 aromatic heterocycles. The molecule has 0 bridgehead atoms. The summed E-state index contributed by atoms with van der Waals surface area (Å²) in [6.45, 7) is 4.91. The molecule has 114 valence electrons. The SMILES string of the molecule is CC(=O)c1cc(Nc2cc(C)[n+](C)c(N)c2)cc(C(C)=O)c1. The van der Waals surface area contributed by atoms with Gasteiger partial charge in [0.25, 0.3) is 5.82 Å². The molecule has 1 heterocycles. The number of carbonyl (C=O) groups excluding carboxylic acids is 2. The van der Waals surface area contributed by atoms with E-state index in [1.165, 1.54) is 13.8 Å². The highest BCUT2D eigenvalue weighted by molar-refractivity contribution is 6.01. The van der Waals surface area contributed by atoms with Crippen LogP contribution in [0, 0.1) is 6.92 Å². The second-order valence-electron chi connectivity index (χ2n) is 5.41. The van der Waals surface area contributed by atoms with E-state index >= 15 is 0 Å². The molecule has 22 heavy (non-hydrogen) atoms. The van der Waals surface area contributed by atoms with Crippen molar-refractivity contribution in [1.29, 1.82) is 0 Å². The van der Waals surface area contributed by atoms with E-state index in [2.05, 4.69) is 5.32 Å². The van der Waals surface area contributed by atoms with Crippen LogP contribution in [0.4, 0.5) is 17.2 Å². The monoisotopic (exact) mass is 298 g/mol. The first-order valence-corrected chi connectivity index (χ1v) is 6.98. The van der Waals surface area contributed by atoms with Gasteiger partial charge in [0.2, 0.25) is 0 Å². The minimum atomic E-state index is -0.0821. The van der Waals surface area contributed by atoms with Crippen LogP contribution in [-0.4, -0.2) is 11.6 Å². The quantitative estimate of drug-likeness (QED) is 0.672. The number of aryl methyl sites for hydroxylation is 1. The van der Waals surface area contributed by atoms with Gasteiger partial charge in [-0.05, 0) is 39.0 Å². The molecule has 5 heteroatoms. The molecule has 0 amide bonds. The zero-order valence-corrected chi connectivity index (χ0v) is 13.2. The smallest absolute Gasteiger partial charge is 0.274 e. The van der Waals surface area contributed by atoms with Crippen LogP contribution in [0.5, 0.6) is 0 Å². The van der Waals surface area contributed by atoms with E-state index in [0.29, 0.717) is 22.6 Å². The van der Waals surface area contributed by atoms with Crippen molar-refractivity contribution in [3.8, 4) is 0 Å². The molecule has 0 saturated heterocycles. The summed E-state index contributed by atoms with van der Waals surface area (Å²) >= 11 is 0. The molecule has 2 aromatic rings. The van der Waals surface area contributed by atoms with Crippen molar-refractivity contribution in [3.63, 3.8) is 0 Å². The van der Waals surface area contributed by atoms with Gasteiger partial charge in [-0.2, -0.15) is 0 Å². The maximum Gasteiger partial charge on any atom is 0.274 e. The van der Waals surface area contributed by atoms with Gasteiger partial charge < -0.3 is 5.32 Å². The van der Waals surface area contributed by atoms with Crippen LogP contribution >= 0.6 is 0 Å². The summed E-state index contributed by atoms with van der Waals surface area (Å²) in [6, 6.07) is 8.83. The number of anilines is 3. The fourth-order valence-corrected chi connectivity index (χ4v) is 2.17. The molecule has 0 fully saturated rings. The van der Waals surface area contributed by atoms with Crippen molar-refractivity contribution in [2.24, 2.45) is 7.05 Å². The first-order valence-electron chi connectivity index (χ1n) is 6.98. The van der Waals surface area contributed by atoms with Gasteiger partial charge in [0.1, 0.15) is 5.69 Å². The molecule has 0 aliphatic rings. The molecular formula is C17H20N3O2+. The van der Waals surface area contributed by atoms with Gasteiger partial charge in [0.15, 0.2) is 11.6 Å². The maximum absolute atomic E-state index is 11.6. The lowest BCUT2D eigenvalue weighted by molar-refractivity contribution is -0.663. The fourth-order valence-electron chi connectivity index (χ4n) is 2.17. The van der Waals surface area contributed by atoms with Gasteiger partial charge in [-0.3, -0.25) is 15.3 Å². The Morgan fingerprint density at radius 3 is 1.91 bits per heavy atom. The van der Waals surface area contributed by atoms with E-state index in [4.69, 9.17) is 5.73 Å². The van der Waals surface area contributed by atoms with E-state index in [1.807, 2.05) is 24.6 Å². The van der Waals surface area contributed by atoms with Gasteiger partial charge in [-0.15, -0.1) is 0 Å². The lowest BCUT2D eigenvalue weighted by Crippen LogP contribution is -2.35. The molecule has 3 N–H and O–H groups in total. The predicted molar refractivity (Wildman–Crippen MR) is 86.5 cm³/mol. The number of hydrogen-bond acceptors (Lipinski definition) is 4. The van der Waals surface area contributed by atoms with Crippen LogP contribution in [0.25, 0.3) is 0 Å². The van der Waals surface area contributed by atoms with Crippen molar-refractivity contribution < 1.29 is 14.2 Å². The Labute approximate surface area is 129 Å². The third-order valence-electron chi connectivity index (χ3n) is 3.62. The van der Waals surface area contributed by atoms with Crippen molar-refractivity contribution in [2.45, 2.75) is 20.8 Å². The number of nitrogens with two attached hydrogens (primary N) is 1. The number of pyridine rings is 1. The summed E-state index contributed by atoms with van der Waals surface area (Å²) in [5.74, 6) is 0.458. The van der Waals surface area contributed by atoms with Crippen molar-refractivity contribution in [2.75, 3.05) is 11.1 Å². The highest BCUT2D eigenvalue weighted by Crippen LogP contribution is 2.22. The minimum Gasteiger partial charge on any atom is -0.355 e. The Morgan fingerprint density at radius 1 is 0.955 bits per heavy atom. The zero-order valence-electron chi connectivity index (χ0n) is 13.2. The van der Waals surface area contributed by atoms with Crippen LogP contribution in [0.3, 0.4) is 0 Å². The Bertz CT molecular complexity index is 711. The van der Waals surface area contributed by atoms with Gasteiger partial charge in [0, 0.05) is 22.9 Å². The second kappa shape index (κ2) is 5.97. The molecule has 5 nitrogen and oxygen atoms in total. The summed E-state index contributed by atoms with van der Waals surface area (Å²) < 4.78 is 1.87. The van der Waals surface area contributed by atoms with Gasteiger partial charge >= 0.3 is 0 Å². The Balaban J connectivity index is 2.45. The number of aromatic nitrogens is 1. The molecule has 0 saturated carbocycles. The van der Waals surface area contributed by atoms with Gasteiger partial charge in [-0.1, -0.05) is 0 Å². The molecule has 2 rings (SSSR count). The molecule has 1 aromatic carbocycles. The Hall–Kier alpha value is -2.69. The highest BCUT2D eigenvalue weighted by atomic mass is 16.1. The number of carbonyl (C=O) groups is 2. The molecule has 0 aliphatic carbocycles. The Morgan fingerprint density at radius 2 is 1.45 bits per heavy atom. The van der Waals surface area contributed by atoms with E-state index in [1.54, 1.807) is 24.3 Å². The average molecular weight is 298 g/mol. The lowest BCUT2D eigenvalue weighted by atomic mass is 10.0. The molecule has 0 aliphatic heterocycles. The topological polar surface area (TPSA) is 76.1 Å². The number of nitrogens with zero attached hydrogens (tertiary/aromatic N) is 1. The third-order valence-corrected chi connectivity index (χ3v) is 3.62. The zero-order chi connectivity index (χ0) is 16.4. The normalized spacial score (nSPS) is 10.4. The lowest BCUT2D eigenvalue weighted by Gasteiger charge is -2.11. The van der Waals surface area contributed by atoms with Crippen molar-refractivity contribution in [1.82, 2.24) is 0 Å². The molecular weight excluding hydrogens is 278 g/mol.